The SMILES string of the molecule is CC(C)(C)Cn1cc(NC(C)(C)C)cn1. The average Bonchev–Trinajstić information content (AvgIpc) is 2.28. The lowest BCUT2D eigenvalue weighted by Crippen LogP contribution is -2.25. The fraction of sp³-hybridized carbons (Fsp3) is 0.750. The lowest BCUT2D eigenvalue weighted by molar-refractivity contribution is 0.325. The van der Waals surface area contributed by atoms with Crippen LogP contribution in [0, 0.1) is 5.41 Å². The summed E-state index contributed by atoms with van der Waals surface area (Å²) in [4.78, 5) is 0. The molecule has 1 rings (SSSR count). The van der Waals surface area contributed by atoms with Crippen LogP contribution in [0.3, 0.4) is 0 Å². The van der Waals surface area contributed by atoms with E-state index in [2.05, 4.69) is 58.2 Å². The van der Waals surface area contributed by atoms with Crippen molar-refractivity contribution in [3.8, 4) is 0 Å². The zero-order chi connectivity index (χ0) is 11.7. The first-order valence-electron chi connectivity index (χ1n) is 5.46. The molecule has 0 amide bonds. The smallest absolute Gasteiger partial charge is 0.0730 e. The van der Waals surface area contributed by atoms with Crippen LogP contribution in [0.4, 0.5) is 5.69 Å². The van der Waals surface area contributed by atoms with Crippen molar-refractivity contribution < 1.29 is 0 Å². The van der Waals surface area contributed by atoms with Crippen LogP contribution in [0.15, 0.2) is 12.4 Å². The molecule has 15 heavy (non-hydrogen) atoms. The molecule has 86 valence electrons. The molecule has 0 saturated heterocycles. The van der Waals surface area contributed by atoms with Gasteiger partial charge >= 0.3 is 0 Å². The molecular formula is C12H23N3. The van der Waals surface area contributed by atoms with Crippen molar-refractivity contribution in [3.05, 3.63) is 12.4 Å². The maximum atomic E-state index is 4.34. The van der Waals surface area contributed by atoms with Crippen molar-refractivity contribution in [1.29, 1.82) is 0 Å². The molecule has 0 atom stereocenters. The van der Waals surface area contributed by atoms with Gasteiger partial charge in [-0.15, -0.1) is 0 Å². The number of aromatic nitrogens is 2. The van der Waals surface area contributed by atoms with Gasteiger partial charge < -0.3 is 5.32 Å². The molecule has 0 radical (unpaired) electrons. The fourth-order valence-corrected chi connectivity index (χ4v) is 1.43. The second-order valence-corrected chi connectivity index (χ2v) is 6.36. The van der Waals surface area contributed by atoms with E-state index >= 15 is 0 Å². The monoisotopic (exact) mass is 209 g/mol. The van der Waals surface area contributed by atoms with Crippen LogP contribution in [-0.2, 0) is 6.54 Å². The molecule has 1 aromatic heterocycles. The van der Waals surface area contributed by atoms with E-state index < -0.39 is 0 Å². The van der Waals surface area contributed by atoms with E-state index in [0.717, 1.165) is 12.2 Å². The van der Waals surface area contributed by atoms with Gasteiger partial charge in [0.15, 0.2) is 0 Å². The minimum atomic E-state index is 0.0929. The van der Waals surface area contributed by atoms with Crippen LogP contribution in [0.2, 0.25) is 0 Å². The maximum absolute atomic E-state index is 4.34. The van der Waals surface area contributed by atoms with Gasteiger partial charge in [-0.3, -0.25) is 4.68 Å². The van der Waals surface area contributed by atoms with Crippen LogP contribution in [0.1, 0.15) is 41.5 Å². The molecule has 3 heteroatoms. The van der Waals surface area contributed by atoms with Gasteiger partial charge in [0.1, 0.15) is 0 Å². The Morgan fingerprint density at radius 2 is 1.80 bits per heavy atom. The molecule has 0 aliphatic rings. The summed E-state index contributed by atoms with van der Waals surface area (Å²) in [6.07, 6.45) is 3.95. The van der Waals surface area contributed by atoms with Crippen LogP contribution in [0.5, 0.6) is 0 Å². The molecule has 3 nitrogen and oxygen atoms in total. The Kier molecular flexibility index (Phi) is 3.12. The summed E-state index contributed by atoms with van der Waals surface area (Å²) >= 11 is 0. The lowest BCUT2D eigenvalue weighted by Gasteiger charge is -2.20. The normalized spacial score (nSPS) is 12.9. The summed E-state index contributed by atoms with van der Waals surface area (Å²) in [5.41, 5.74) is 1.45. The molecular weight excluding hydrogens is 186 g/mol. The number of nitrogens with zero attached hydrogens (tertiary/aromatic N) is 2. The molecule has 0 fully saturated rings. The highest BCUT2D eigenvalue weighted by atomic mass is 15.3. The topological polar surface area (TPSA) is 29.9 Å². The van der Waals surface area contributed by atoms with Crippen molar-refractivity contribution in [3.63, 3.8) is 0 Å². The van der Waals surface area contributed by atoms with E-state index in [0.29, 0.717) is 0 Å². The molecule has 0 aliphatic heterocycles. The fourth-order valence-electron chi connectivity index (χ4n) is 1.43. The Balaban J connectivity index is 2.65. The molecule has 1 heterocycles. The van der Waals surface area contributed by atoms with Crippen LogP contribution < -0.4 is 5.32 Å². The average molecular weight is 209 g/mol. The van der Waals surface area contributed by atoms with Gasteiger partial charge in [-0.2, -0.15) is 5.10 Å². The first-order chi connectivity index (χ1) is 6.66. The minimum Gasteiger partial charge on any atom is -0.378 e. The summed E-state index contributed by atoms with van der Waals surface area (Å²) in [6, 6.07) is 0. The third-order valence-corrected chi connectivity index (χ3v) is 1.79. The van der Waals surface area contributed by atoms with Crippen molar-refractivity contribution in [2.45, 2.75) is 53.6 Å². The van der Waals surface area contributed by atoms with Crippen molar-refractivity contribution in [2.24, 2.45) is 5.41 Å². The van der Waals surface area contributed by atoms with E-state index in [-0.39, 0.29) is 11.0 Å². The van der Waals surface area contributed by atoms with Crippen LogP contribution in [-0.4, -0.2) is 15.3 Å². The van der Waals surface area contributed by atoms with Crippen molar-refractivity contribution >= 4 is 5.69 Å². The van der Waals surface area contributed by atoms with Gasteiger partial charge in [0.25, 0.3) is 0 Å². The predicted molar refractivity (Wildman–Crippen MR) is 65.1 cm³/mol. The number of hydrogen-bond donors (Lipinski definition) is 1. The second-order valence-electron chi connectivity index (χ2n) is 6.36. The highest BCUT2D eigenvalue weighted by Gasteiger charge is 2.14. The van der Waals surface area contributed by atoms with Gasteiger partial charge in [0, 0.05) is 18.3 Å². The Morgan fingerprint density at radius 3 is 2.27 bits per heavy atom. The van der Waals surface area contributed by atoms with Crippen molar-refractivity contribution in [2.75, 3.05) is 5.32 Å². The van der Waals surface area contributed by atoms with E-state index in [9.17, 15) is 0 Å². The zero-order valence-corrected chi connectivity index (χ0v) is 10.8. The quantitative estimate of drug-likeness (QED) is 0.811. The molecule has 1 aromatic rings. The van der Waals surface area contributed by atoms with E-state index in [1.807, 2.05) is 10.9 Å². The predicted octanol–water partition coefficient (Wildman–Crippen LogP) is 3.14. The first-order valence-corrected chi connectivity index (χ1v) is 5.46. The third kappa shape index (κ3) is 4.86. The lowest BCUT2D eigenvalue weighted by atomic mass is 9.97. The van der Waals surface area contributed by atoms with Crippen molar-refractivity contribution in [1.82, 2.24) is 9.78 Å². The number of nitrogens with one attached hydrogen (secondary N) is 1. The standard InChI is InChI=1S/C12H23N3/c1-11(2,3)9-15-8-10(7-13-15)14-12(4,5)6/h7-8,14H,9H2,1-6H3. The summed E-state index contributed by atoms with van der Waals surface area (Å²) in [5.74, 6) is 0. The van der Waals surface area contributed by atoms with Gasteiger partial charge in [-0.25, -0.2) is 0 Å². The van der Waals surface area contributed by atoms with Gasteiger partial charge in [-0.1, -0.05) is 20.8 Å². The Bertz CT molecular complexity index is 282. The second kappa shape index (κ2) is 3.87. The Labute approximate surface area is 92.9 Å². The van der Waals surface area contributed by atoms with E-state index in [4.69, 9.17) is 0 Å². The highest BCUT2D eigenvalue weighted by Crippen LogP contribution is 2.18. The van der Waals surface area contributed by atoms with Gasteiger partial charge in [0.2, 0.25) is 0 Å². The van der Waals surface area contributed by atoms with Crippen LogP contribution >= 0.6 is 0 Å². The Hall–Kier alpha value is -0.990. The maximum Gasteiger partial charge on any atom is 0.0730 e. The number of anilines is 1. The zero-order valence-electron chi connectivity index (χ0n) is 10.8. The number of rotatable bonds is 2. The summed E-state index contributed by atoms with van der Waals surface area (Å²) in [5, 5.41) is 7.74. The van der Waals surface area contributed by atoms with Gasteiger partial charge in [-0.05, 0) is 26.2 Å². The van der Waals surface area contributed by atoms with E-state index in [1.165, 1.54) is 0 Å². The molecule has 0 aromatic carbocycles. The summed E-state index contributed by atoms with van der Waals surface area (Å²) in [6.45, 7) is 14.0. The first kappa shape index (κ1) is 12.1. The summed E-state index contributed by atoms with van der Waals surface area (Å²) in [7, 11) is 0. The largest absolute Gasteiger partial charge is 0.378 e. The van der Waals surface area contributed by atoms with Crippen LogP contribution in [0.25, 0.3) is 0 Å². The van der Waals surface area contributed by atoms with E-state index in [1.54, 1.807) is 0 Å². The molecule has 0 unspecified atom stereocenters. The molecule has 0 aliphatic carbocycles. The summed E-state index contributed by atoms with van der Waals surface area (Å²) < 4.78 is 1.99. The molecule has 0 spiro atoms. The molecule has 0 bridgehead atoms. The highest BCUT2D eigenvalue weighted by molar-refractivity contribution is 5.40. The number of hydrogen-bond acceptors (Lipinski definition) is 2. The van der Waals surface area contributed by atoms with Gasteiger partial charge in [0.05, 0.1) is 11.9 Å². The third-order valence-electron chi connectivity index (χ3n) is 1.79. The molecule has 0 saturated carbocycles. The Morgan fingerprint density at radius 1 is 1.20 bits per heavy atom. The minimum absolute atomic E-state index is 0.0929. The molecule has 1 N–H and O–H groups in total.